The van der Waals surface area contributed by atoms with Crippen molar-refractivity contribution >= 4 is 23.6 Å². The molecule has 3 aromatic carbocycles. The normalized spacial score (nSPS) is 13.2. The molecule has 1 aliphatic rings. The quantitative estimate of drug-likeness (QED) is 0.450. The molecule has 0 radical (unpaired) electrons. The lowest BCUT2D eigenvalue weighted by molar-refractivity contribution is -0.133. The lowest BCUT2D eigenvalue weighted by atomic mass is 10.0. The Morgan fingerprint density at radius 1 is 0.914 bits per heavy atom. The summed E-state index contributed by atoms with van der Waals surface area (Å²) in [5.74, 6) is 1.16. The summed E-state index contributed by atoms with van der Waals surface area (Å²) < 4.78 is 10.7. The van der Waals surface area contributed by atoms with Crippen molar-refractivity contribution in [3.63, 3.8) is 0 Å². The van der Waals surface area contributed by atoms with Gasteiger partial charge in [-0.05, 0) is 59.9 Å². The second-order valence-corrected chi connectivity index (χ2v) is 8.97. The summed E-state index contributed by atoms with van der Waals surface area (Å²) in [5, 5.41) is 2.97. The van der Waals surface area contributed by atoms with Gasteiger partial charge in [0, 0.05) is 18.8 Å². The molecule has 35 heavy (non-hydrogen) atoms. The molecule has 0 spiro atoms. The second-order valence-electron chi connectivity index (χ2n) is 8.97. The van der Waals surface area contributed by atoms with E-state index < -0.39 is 6.04 Å². The first-order valence-electron chi connectivity index (χ1n) is 11.6. The largest absolute Gasteiger partial charge is 0.454 e. The Morgan fingerprint density at radius 2 is 1.57 bits per heavy atom. The van der Waals surface area contributed by atoms with Gasteiger partial charge >= 0.3 is 0 Å². The standard InChI is InChI=1S/C29H30N2O4/c1-19(2)22-11-13-24(14-12-22)30-29(33)28(23-9-5-20(3)6-10-23)31(4)27(32)16-8-21-7-15-25-26(17-21)35-18-34-25/h5-17,19,28H,18H2,1-4H3,(H,30,33). The summed E-state index contributed by atoms with van der Waals surface area (Å²) in [7, 11) is 1.64. The molecule has 0 bridgehead atoms. The van der Waals surface area contributed by atoms with Crippen LogP contribution in [-0.4, -0.2) is 30.6 Å². The Labute approximate surface area is 206 Å². The van der Waals surface area contributed by atoms with Gasteiger partial charge in [-0.3, -0.25) is 9.59 Å². The molecule has 4 rings (SSSR count). The number of carbonyl (C=O) groups excluding carboxylic acids is 2. The van der Waals surface area contributed by atoms with Crippen LogP contribution in [-0.2, 0) is 9.59 Å². The number of likely N-dealkylation sites (N-methyl/N-ethyl adjacent to an activating group) is 1. The van der Waals surface area contributed by atoms with Crippen LogP contribution in [0.1, 0.15) is 48.1 Å². The van der Waals surface area contributed by atoms with Crippen molar-refractivity contribution in [3.8, 4) is 11.5 Å². The minimum absolute atomic E-state index is 0.192. The summed E-state index contributed by atoms with van der Waals surface area (Å²) in [6, 6.07) is 20.1. The van der Waals surface area contributed by atoms with Crippen molar-refractivity contribution in [2.24, 2.45) is 0 Å². The van der Waals surface area contributed by atoms with E-state index in [-0.39, 0.29) is 18.6 Å². The van der Waals surface area contributed by atoms with Crippen molar-refractivity contribution < 1.29 is 19.1 Å². The van der Waals surface area contributed by atoms with E-state index in [9.17, 15) is 9.59 Å². The third kappa shape index (κ3) is 5.72. The number of hydrogen-bond acceptors (Lipinski definition) is 4. The summed E-state index contributed by atoms with van der Waals surface area (Å²) in [6.45, 7) is 6.42. The predicted octanol–water partition coefficient (Wildman–Crippen LogP) is 5.70. The van der Waals surface area contributed by atoms with Crippen LogP contribution in [0.15, 0.2) is 72.8 Å². The van der Waals surface area contributed by atoms with Crippen LogP contribution in [0.25, 0.3) is 6.08 Å². The van der Waals surface area contributed by atoms with E-state index in [1.807, 2.05) is 73.7 Å². The molecule has 1 N–H and O–H groups in total. The molecule has 1 aliphatic heterocycles. The molecule has 180 valence electrons. The zero-order chi connectivity index (χ0) is 24.9. The van der Waals surface area contributed by atoms with Crippen molar-refractivity contribution in [3.05, 3.63) is 95.1 Å². The van der Waals surface area contributed by atoms with E-state index in [1.54, 1.807) is 13.1 Å². The van der Waals surface area contributed by atoms with Crippen LogP contribution in [0.2, 0.25) is 0 Å². The smallest absolute Gasteiger partial charge is 0.251 e. The van der Waals surface area contributed by atoms with E-state index >= 15 is 0 Å². The highest BCUT2D eigenvalue weighted by Gasteiger charge is 2.28. The molecule has 6 nitrogen and oxygen atoms in total. The monoisotopic (exact) mass is 470 g/mol. The molecule has 0 saturated heterocycles. The van der Waals surface area contributed by atoms with E-state index in [0.717, 1.165) is 16.7 Å². The van der Waals surface area contributed by atoms with Crippen molar-refractivity contribution in [2.75, 3.05) is 19.2 Å². The average molecular weight is 471 g/mol. The lowest BCUT2D eigenvalue weighted by Crippen LogP contribution is -2.37. The lowest BCUT2D eigenvalue weighted by Gasteiger charge is -2.27. The molecule has 1 heterocycles. The Bertz CT molecular complexity index is 1230. The van der Waals surface area contributed by atoms with E-state index in [1.165, 1.54) is 16.5 Å². The van der Waals surface area contributed by atoms with Gasteiger partial charge in [-0.2, -0.15) is 0 Å². The van der Waals surface area contributed by atoms with Gasteiger partial charge in [-0.1, -0.05) is 61.9 Å². The van der Waals surface area contributed by atoms with Gasteiger partial charge in [0.1, 0.15) is 6.04 Å². The van der Waals surface area contributed by atoms with Crippen LogP contribution in [0.3, 0.4) is 0 Å². The third-order valence-electron chi connectivity index (χ3n) is 6.04. The number of aryl methyl sites for hydroxylation is 1. The molecule has 3 aromatic rings. The van der Waals surface area contributed by atoms with Gasteiger partial charge in [0.2, 0.25) is 12.7 Å². The van der Waals surface area contributed by atoms with Crippen molar-refractivity contribution in [1.82, 2.24) is 4.90 Å². The zero-order valence-electron chi connectivity index (χ0n) is 20.4. The van der Waals surface area contributed by atoms with Crippen molar-refractivity contribution in [2.45, 2.75) is 32.7 Å². The van der Waals surface area contributed by atoms with Crippen LogP contribution in [0.5, 0.6) is 11.5 Å². The number of rotatable bonds is 7. The van der Waals surface area contributed by atoms with Crippen LogP contribution < -0.4 is 14.8 Å². The maximum atomic E-state index is 13.4. The van der Waals surface area contributed by atoms with Crippen molar-refractivity contribution in [1.29, 1.82) is 0 Å². The number of benzene rings is 3. The summed E-state index contributed by atoms with van der Waals surface area (Å²) in [4.78, 5) is 28.0. The number of nitrogens with one attached hydrogen (secondary N) is 1. The molecule has 1 atom stereocenters. The van der Waals surface area contributed by atoms with Gasteiger partial charge in [0.25, 0.3) is 5.91 Å². The minimum Gasteiger partial charge on any atom is -0.454 e. The molecule has 0 aliphatic carbocycles. The van der Waals surface area contributed by atoms with Gasteiger partial charge in [-0.25, -0.2) is 0 Å². The Morgan fingerprint density at radius 3 is 2.26 bits per heavy atom. The Balaban J connectivity index is 1.54. The molecule has 6 heteroatoms. The highest BCUT2D eigenvalue weighted by molar-refractivity contribution is 6.00. The molecular weight excluding hydrogens is 440 g/mol. The fourth-order valence-corrected chi connectivity index (χ4v) is 3.89. The molecule has 1 unspecified atom stereocenters. The highest BCUT2D eigenvalue weighted by Crippen LogP contribution is 2.33. The maximum absolute atomic E-state index is 13.4. The highest BCUT2D eigenvalue weighted by atomic mass is 16.7. The molecular formula is C29H30N2O4. The van der Waals surface area contributed by atoms with Gasteiger partial charge in [0.05, 0.1) is 0 Å². The SMILES string of the molecule is Cc1ccc(C(C(=O)Nc2ccc(C(C)C)cc2)N(C)C(=O)C=Cc2ccc3c(c2)OCO3)cc1. The average Bonchev–Trinajstić information content (AvgIpc) is 3.32. The van der Waals surface area contributed by atoms with Crippen LogP contribution in [0, 0.1) is 6.92 Å². The second kappa shape index (κ2) is 10.5. The number of amides is 2. The van der Waals surface area contributed by atoms with Gasteiger partial charge in [-0.15, -0.1) is 0 Å². The molecule has 0 fully saturated rings. The van der Waals surface area contributed by atoms with E-state index in [0.29, 0.717) is 23.1 Å². The maximum Gasteiger partial charge on any atom is 0.251 e. The van der Waals surface area contributed by atoms with Gasteiger partial charge in [0.15, 0.2) is 11.5 Å². The van der Waals surface area contributed by atoms with E-state index in [2.05, 4.69) is 19.2 Å². The van der Waals surface area contributed by atoms with Crippen LogP contribution in [0.4, 0.5) is 5.69 Å². The summed E-state index contributed by atoms with van der Waals surface area (Å²) in [6.07, 6.45) is 3.17. The van der Waals surface area contributed by atoms with Crippen LogP contribution >= 0.6 is 0 Å². The number of carbonyl (C=O) groups is 2. The number of ether oxygens (including phenoxy) is 2. The minimum atomic E-state index is -0.797. The molecule has 0 saturated carbocycles. The number of anilines is 1. The van der Waals surface area contributed by atoms with Gasteiger partial charge < -0.3 is 19.7 Å². The summed E-state index contributed by atoms with van der Waals surface area (Å²) >= 11 is 0. The first-order valence-corrected chi connectivity index (χ1v) is 11.6. The molecule has 0 aromatic heterocycles. The molecule has 2 amide bonds. The number of hydrogen-bond donors (Lipinski definition) is 1. The fraction of sp³-hybridized carbons (Fsp3) is 0.241. The fourth-order valence-electron chi connectivity index (χ4n) is 3.89. The summed E-state index contributed by atoms with van der Waals surface area (Å²) in [5.41, 5.74) is 4.50. The Hall–Kier alpha value is -4.06. The predicted molar refractivity (Wildman–Crippen MR) is 137 cm³/mol. The topological polar surface area (TPSA) is 67.9 Å². The number of fused-ring (bicyclic) bond motifs is 1. The zero-order valence-corrected chi connectivity index (χ0v) is 20.4. The third-order valence-corrected chi connectivity index (χ3v) is 6.04. The first-order chi connectivity index (χ1) is 16.8. The Kier molecular flexibility index (Phi) is 7.20. The van der Waals surface area contributed by atoms with E-state index in [4.69, 9.17) is 9.47 Å². The number of nitrogens with zero attached hydrogens (tertiary/aromatic N) is 1. The first kappa shape index (κ1) is 24.1.